The fraction of sp³-hybridized carbons (Fsp3) is 0.560. The van der Waals surface area contributed by atoms with Gasteiger partial charge in [-0.2, -0.15) is 0 Å². The van der Waals surface area contributed by atoms with Crippen molar-refractivity contribution in [3.05, 3.63) is 41.5 Å². The van der Waals surface area contributed by atoms with Crippen LogP contribution < -0.4 is 10.6 Å². The minimum absolute atomic E-state index is 0.0213. The van der Waals surface area contributed by atoms with Crippen LogP contribution in [-0.4, -0.2) is 23.6 Å². The lowest BCUT2D eigenvalue weighted by Gasteiger charge is -2.20. The van der Waals surface area contributed by atoms with Gasteiger partial charge in [-0.25, -0.2) is 0 Å². The maximum Gasteiger partial charge on any atom is 0.248 e. The summed E-state index contributed by atoms with van der Waals surface area (Å²) in [5.41, 5.74) is 1.59. The molecule has 1 aromatic rings. The van der Waals surface area contributed by atoms with Gasteiger partial charge in [0, 0.05) is 28.9 Å². The second-order valence-corrected chi connectivity index (χ2v) is 8.38. The SMILES string of the molecule is CC(=O)c1ccc(NC(=O)/C=C(/C)C(=O)NC2CCCCCCCCCCC2)cc1. The quantitative estimate of drug-likeness (QED) is 0.491. The van der Waals surface area contributed by atoms with Gasteiger partial charge in [-0.3, -0.25) is 14.4 Å². The number of carbonyl (C=O) groups is 3. The minimum atomic E-state index is -0.350. The molecule has 0 spiro atoms. The summed E-state index contributed by atoms with van der Waals surface area (Å²) in [4.78, 5) is 36.2. The minimum Gasteiger partial charge on any atom is -0.350 e. The number of amides is 2. The molecule has 0 unspecified atom stereocenters. The number of anilines is 1. The first-order valence-electron chi connectivity index (χ1n) is 11.4. The molecule has 30 heavy (non-hydrogen) atoms. The first kappa shape index (κ1) is 23.8. The molecule has 0 radical (unpaired) electrons. The summed E-state index contributed by atoms with van der Waals surface area (Å²) in [6.07, 6.45) is 14.7. The summed E-state index contributed by atoms with van der Waals surface area (Å²) in [6, 6.07) is 6.89. The van der Waals surface area contributed by atoms with Gasteiger partial charge in [-0.05, 0) is 51.0 Å². The predicted molar refractivity (Wildman–Crippen MR) is 122 cm³/mol. The molecule has 1 aromatic carbocycles. The Hall–Kier alpha value is -2.43. The van der Waals surface area contributed by atoms with Crippen molar-refractivity contribution in [3.63, 3.8) is 0 Å². The average Bonchev–Trinajstić information content (AvgIpc) is 2.70. The van der Waals surface area contributed by atoms with Crippen LogP contribution in [0.2, 0.25) is 0 Å². The van der Waals surface area contributed by atoms with Gasteiger partial charge in [-0.1, -0.05) is 57.8 Å². The van der Waals surface area contributed by atoms with Crippen molar-refractivity contribution < 1.29 is 14.4 Å². The summed E-state index contributed by atoms with van der Waals surface area (Å²) in [5, 5.41) is 5.87. The summed E-state index contributed by atoms with van der Waals surface area (Å²) in [6.45, 7) is 3.17. The van der Waals surface area contributed by atoms with Crippen molar-refractivity contribution >= 4 is 23.3 Å². The normalized spacial score (nSPS) is 17.3. The number of Topliss-reactive ketones (excluding diaryl/α,β-unsaturated/α-hetero) is 1. The Labute approximate surface area is 180 Å². The van der Waals surface area contributed by atoms with E-state index < -0.39 is 0 Å². The third-order valence-corrected chi connectivity index (χ3v) is 5.71. The van der Waals surface area contributed by atoms with Crippen LogP contribution in [0.3, 0.4) is 0 Å². The molecule has 5 heteroatoms. The fourth-order valence-electron chi connectivity index (χ4n) is 3.84. The zero-order chi connectivity index (χ0) is 21.8. The molecule has 164 valence electrons. The molecule has 5 nitrogen and oxygen atoms in total. The van der Waals surface area contributed by atoms with Gasteiger partial charge in [0.15, 0.2) is 5.78 Å². The van der Waals surface area contributed by atoms with E-state index in [0.29, 0.717) is 16.8 Å². The molecule has 0 saturated heterocycles. The third kappa shape index (κ3) is 8.93. The van der Waals surface area contributed by atoms with Crippen LogP contribution in [0.4, 0.5) is 5.69 Å². The molecule has 0 bridgehead atoms. The Morgan fingerprint density at radius 1 is 0.800 bits per heavy atom. The zero-order valence-electron chi connectivity index (χ0n) is 18.5. The summed E-state index contributed by atoms with van der Waals surface area (Å²) < 4.78 is 0. The highest BCUT2D eigenvalue weighted by molar-refractivity contribution is 6.06. The van der Waals surface area contributed by atoms with Crippen molar-refractivity contribution in [1.29, 1.82) is 0 Å². The molecule has 1 aliphatic rings. The van der Waals surface area contributed by atoms with Gasteiger partial charge in [-0.15, -0.1) is 0 Å². The van der Waals surface area contributed by atoms with E-state index in [1.54, 1.807) is 31.2 Å². The van der Waals surface area contributed by atoms with E-state index in [-0.39, 0.29) is 23.6 Å². The number of ketones is 1. The molecule has 0 atom stereocenters. The van der Waals surface area contributed by atoms with Gasteiger partial charge in [0.05, 0.1) is 0 Å². The smallest absolute Gasteiger partial charge is 0.248 e. The Bertz CT molecular complexity index is 725. The Morgan fingerprint density at radius 2 is 1.30 bits per heavy atom. The number of hydrogen-bond acceptors (Lipinski definition) is 3. The van der Waals surface area contributed by atoms with E-state index in [1.807, 2.05) is 0 Å². The van der Waals surface area contributed by atoms with Crippen LogP contribution in [0.25, 0.3) is 0 Å². The monoisotopic (exact) mass is 412 g/mol. The largest absolute Gasteiger partial charge is 0.350 e. The molecule has 2 rings (SSSR count). The van der Waals surface area contributed by atoms with Gasteiger partial charge in [0.2, 0.25) is 11.8 Å². The Kier molecular flexibility index (Phi) is 10.3. The number of rotatable bonds is 5. The van der Waals surface area contributed by atoms with Crippen molar-refractivity contribution in [2.24, 2.45) is 0 Å². The highest BCUT2D eigenvalue weighted by atomic mass is 16.2. The maximum atomic E-state index is 12.6. The van der Waals surface area contributed by atoms with Crippen LogP contribution in [0.5, 0.6) is 0 Å². The summed E-state index contributed by atoms with van der Waals surface area (Å²) in [7, 11) is 0. The molecule has 0 aromatic heterocycles. The van der Waals surface area contributed by atoms with E-state index >= 15 is 0 Å². The average molecular weight is 413 g/mol. The van der Waals surface area contributed by atoms with E-state index in [2.05, 4.69) is 10.6 Å². The second-order valence-electron chi connectivity index (χ2n) is 8.38. The van der Waals surface area contributed by atoms with Crippen molar-refractivity contribution in [2.45, 2.75) is 90.5 Å². The first-order valence-corrected chi connectivity index (χ1v) is 11.4. The van der Waals surface area contributed by atoms with Crippen molar-refractivity contribution in [2.75, 3.05) is 5.32 Å². The van der Waals surface area contributed by atoms with Gasteiger partial charge in [0.25, 0.3) is 0 Å². The summed E-state index contributed by atoms with van der Waals surface area (Å²) in [5.74, 6) is -0.543. The zero-order valence-corrected chi connectivity index (χ0v) is 18.5. The molecular formula is C25H36N2O3. The van der Waals surface area contributed by atoms with Crippen LogP contribution in [0.15, 0.2) is 35.9 Å². The number of carbonyl (C=O) groups excluding carboxylic acids is 3. The van der Waals surface area contributed by atoms with Crippen molar-refractivity contribution in [3.8, 4) is 0 Å². The molecule has 2 N–H and O–H groups in total. The molecule has 1 aliphatic carbocycles. The lowest BCUT2D eigenvalue weighted by molar-refractivity contribution is -0.119. The highest BCUT2D eigenvalue weighted by Gasteiger charge is 2.14. The lowest BCUT2D eigenvalue weighted by Crippen LogP contribution is -2.35. The van der Waals surface area contributed by atoms with E-state index in [0.717, 1.165) is 25.7 Å². The molecule has 0 heterocycles. The number of hydrogen-bond donors (Lipinski definition) is 2. The van der Waals surface area contributed by atoms with E-state index in [1.165, 1.54) is 57.9 Å². The van der Waals surface area contributed by atoms with Gasteiger partial charge in [0.1, 0.15) is 0 Å². The topological polar surface area (TPSA) is 75.3 Å². The van der Waals surface area contributed by atoms with Gasteiger partial charge >= 0.3 is 0 Å². The Balaban J connectivity index is 1.87. The lowest BCUT2D eigenvalue weighted by atomic mass is 9.97. The molecule has 2 amide bonds. The molecule has 1 fully saturated rings. The van der Waals surface area contributed by atoms with Crippen LogP contribution in [-0.2, 0) is 9.59 Å². The van der Waals surface area contributed by atoms with Crippen LogP contribution in [0, 0.1) is 0 Å². The van der Waals surface area contributed by atoms with E-state index in [9.17, 15) is 14.4 Å². The second kappa shape index (κ2) is 13.0. The number of nitrogens with one attached hydrogen (secondary N) is 2. The standard InChI is InChI=1S/C25H36N2O3/c1-19(18-24(29)26-23-16-14-21(15-17-23)20(2)28)25(30)27-22-12-10-8-6-4-3-5-7-9-11-13-22/h14-18,22H,3-13H2,1-2H3,(H,26,29)(H,27,30)/b19-18-. The fourth-order valence-corrected chi connectivity index (χ4v) is 3.84. The van der Waals surface area contributed by atoms with E-state index in [4.69, 9.17) is 0 Å². The molecular weight excluding hydrogens is 376 g/mol. The van der Waals surface area contributed by atoms with Crippen LogP contribution in [0.1, 0.15) is 94.8 Å². The Morgan fingerprint density at radius 3 is 1.80 bits per heavy atom. The molecule has 0 aliphatic heterocycles. The highest BCUT2D eigenvalue weighted by Crippen LogP contribution is 2.17. The van der Waals surface area contributed by atoms with Crippen molar-refractivity contribution in [1.82, 2.24) is 5.32 Å². The molecule has 1 saturated carbocycles. The van der Waals surface area contributed by atoms with Gasteiger partial charge < -0.3 is 10.6 Å². The third-order valence-electron chi connectivity index (χ3n) is 5.71. The maximum absolute atomic E-state index is 12.6. The number of benzene rings is 1. The first-order chi connectivity index (χ1) is 14.5. The van der Waals surface area contributed by atoms with Crippen LogP contribution >= 0.6 is 0 Å². The summed E-state index contributed by atoms with van der Waals surface area (Å²) >= 11 is 0. The predicted octanol–water partition coefficient (Wildman–Crippen LogP) is 5.56.